The Labute approximate surface area is 77.7 Å². The van der Waals surface area contributed by atoms with Gasteiger partial charge in [0.05, 0.1) is 0 Å². The Balaban J connectivity index is 3.50. The highest BCUT2D eigenvalue weighted by Gasteiger charge is 2.10. The smallest absolute Gasteiger partial charge is 0.248 e. The van der Waals surface area contributed by atoms with E-state index in [1.807, 2.05) is 20.8 Å². The second kappa shape index (κ2) is 3.09. The number of amides is 1. The average Bonchev–Trinajstić information content (AvgIpc) is 2.07. The van der Waals surface area contributed by atoms with Crippen LogP contribution >= 0.6 is 0 Å². The predicted molar refractivity (Wildman–Crippen MR) is 53.6 cm³/mol. The highest BCUT2D eigenvalue weighted by molar-refractivity contribution is 5.95. The van der Waals surface area contributed by atoms with Crippen molar-refractivity contribution in [3.8, 4) is 0 Å². The number of benzene rings is 1. The lowest BCUT2D eigenvalue weighted by Gasteiger charge is -2.11. The molecule has 0 bridgehead atoms. The minimum absolute atomic E-state index is 0.399. The van der Waals surface area contributed by atoms with E-state index in [1.54, 1.807) is 6.07 Å². The van der Waals surface area contributed by atoms with Crippen molar-refractivity contribution >= 4 is 11.6 Å². The zero-order chi connectivity index (χ0) is 10.2. The summed E-state index contributed by atoms with van der Waals surface area (Å²) in [6.45, 7) is 5.61. The molecule has 0 aliphatic heterocycles. The Morgan fingerprint density at radius 1 is 1.23 bits per heavy atom. The second-order valence-electron chi connectivity index (χ2n) is 3.27. The van der Waals surface area contributed by atoms with Gasteiger partial charge < -0.3 is 11.5 Å². The van der Waals surface area contributed by atoms with Gasteiger partial charge in [0.25, 0.3) is 0 Å². The predicted octanol–water partition coefficient (Wildman–Crippen LogP) is 1.29. The van der Waals surface area contributed by atoms with Crippen LogP contribution in [0.3, 0.4) is 0 Å². The van der Waals surface area contributed by atoms with Crippen molar-refractivity contribution in [1.82, 2.24) is 0 Å². The van der Waals surface area contributed by atoms with Crippen molar-refractivity contribution < 1.29 is 4.79 Å². The van der Waals surface area contributed by atoms with Crippen molar-refractivity contribution in [2.75, 3.05) is 5.73 Å². The quantitative estimate of drug-likeness (QED) is 0.636. The van der Waals surface area contributed by atoms with Crippen molar-refractivity contribution in [3.05, 3.63) is 28.3 Å². The van der Waals surface area contributed by atoms with E-state index in [2.05, 4.69) is 0 Å². The summed E-state index contributed by atoms with van der Waals surface area (Å²) >= 11 is 0. The third-order valence-electron chi connectivity index (χ3n) is 2.42. The molecule has 70 valence electrons. The number of hydrogen-bond donors (Lipinski definition) is 2. The molecule has 0 fully saturated rings. The number of anilines is 1. The van der Waals surface area contributed by atoms with Crippen molar-refractivity contribution in [2.24, 2.45) is 5.73 Å². The summed E-state index contributed by atoms with van der Waals surface area (Å²) in [5.74, 6) is -0.399. The summed E-state index contributed by atoms with van der Waals surface area (Å²) in [7, 11) is 0. The Hall–Kier alpha value is -1.51. The Morgan fingerprint density at radius 3 is 2.23 bits per heavy atom. The van der Waals surface area contributed by atoms with Crippen molar-refractivity contribution in [3.63, 3.8) is 0 Å². The molecule has 4 N–H and O–H groups in total. The lowest BCUT2D eigenvalue weighted by atomic mass is 9.97. The first kappa shape index (κ1) is 9.58. The standard InChI is InChI=1S/C10H14N2O/c1-5-4-8(10(12)13)6(2)7(3)9(5)11/h4H,11H2,1-3H3,(H2,12,13). The molecule has 3 nitrogen and oxygen atoms in total. The molecule has 0 atom stereocenters. The van der Waals surface area contributed by atoms with Crippen LogP contribution in [-0.4, -0.2) is 5.91 Å². The molecule has 0 aliphatic rings. The van der Waals surface area contributed by atoms with Gasteiger partial charge in [-0.1, -0.05) is 0 Å². The first-order chi connectivity index (χ1) is 5.95. The summed E-state index contributed by atoms with van der Waals surface area (Å²) < 4.78 is 0. The molecule has 13 heavy (non-hydrogen) atoms. The first-order valence-corrected chi connectivity index (χ1v) is 4.11. The SMILES string of the molecule is Cc1cc(C(N)=O)c(C)c(C)c1N. The zero-order valence-electron chi connectivity index (χ0n) is 8.14. The number of primary amides is 1. The molecule has 0 aliphatic carbocycles. The van der Waals surface area contributed by atoms with Gasteiger partial charge in [-0.15, -0.1) is 0 Å². The van der Waals surface area contributed by atoms with Crippen LogP contribution in [0.4, 0.5) is 5.69 Å². The van der Waals surface area contributed by atoms with Gasteiger partial charge in [0.1, 0.15) is 0 Å². The van der Waals surface area contributed by atoms with Gasteiger partial charge in [-0.05, 0) is 43.5 Å². The molecule has 0 unspecified atom stereocenters. The Morgan fingerprint density at radius 2 is 1.77 bits per heavy atom. The van der Waals surface area contributed by atoms with E-state index in [0.29, 0.717) is 5.56 Å². The molecule has 0 aromatic heterocycles. The van der Waals surface area contributed by atoms with E-state index in [1.165, 1.54) is 0 Å². The summed E-state index contributed by atoms with van der Waals surface area (Å²) in [6, 6.07) is 1.74. The molecular formula is C10H14N2O. The molecule has 0 spiro atoms. The third-order valence-corrected chi connectivity index (χ3v) is 2.42. The van der Waals surface area contributed by atoms with Gasteiger partial charge in [-0.3, -0.25) is 4.79 Å². The molecule has 0 heterocycles. The molecule has 0 saturated carbocycles. The van der Waals surface area contributed by atoms with E-state index < -0.39 is 5.91 Å². The number of rotatable bonds is 1. The Bertz CT molecular complexity index is 370. The van der Waals surface area contributed by atoms with Gasteiger partial charge in [0.15, 0.2) is 0 Å². The number of nitrogen functional groups attached to an aromatic ring is 1. The number of carbonyl (C=O) groups is 1. The Kier molecular flexibility index (Phi) is 2.28. The highest BCUT2D eigenvalue weighted by atomic mass is 16.1. The van der Waals surface area contributed by atoms with Gasteiger partial charge in [-0.25, -0.2) is 0 Å². The molecular weight excluding hydrogens is 164 g/mol. The summed E-state index contributed by atoms with van der Waals surface area (Å²) in [4.78, 5) is 11.0. The van der Waals surface area contributed by atoms with Crippen LogP contribution in [-0.2, 0) is 0 Å². The maximum Gasteiger partial charge on any atom is 0.248 e. The number of hydrogen-bond acceptors (Lipinski definition) is 2. The van der Waals surface area contributed by atoms with E-state index >= 15 is 0 Å². The summed E-state index contributed by atoms with van der Waals surface area (Å²) in [6.07, 6.45) is 0. The normalized spacial score (nSPS) is 10.1. The monoisotopic (exact) mass is 178 g/mol. The van der Waals surface area contributed by atoms with Gasteiger partial charge in [0, 0.05) is 11.3 Å². The van der Waals surface area contributed by atoms with E-state index in [0.717, 1.165) is 22.4 Å². The van der Waals surface area contributed by atoms with Crippen LogP contribution in [0.25, 0.3) is 0 Å². The van der Waals surface area contributed by atoms with Crippen LogP contribution in [0.15, 0.2) is 6.07 Å². The van der Waals surface area contributed by atoms with Crippen LogP contribution < -0.4 is 11.5 Å². The molecule has 1 amide bonds. The lowest BCUT2D eigenvalue weighted by molar-refractivity contribution is 0.0999. The molecule has 0 saturated heterocycles. The average molecular weight is 178 g/mol. The van der Waals surface area contributed by atoms with Crippen molar-refractivity contribution in [1.29, 1.82) is 0 Å². The maximum absolute atomic E-state index is 11.0. The number of nitrogens with two attached hydrogens (primary N) is 2. The van der Waals surface area contributed by atoms with Crippen LogP contribution in [0.1, 0.15) is 27.0 Å². The van der Waals surface area contributed by atoms with Crippen LogP contribution in [0, 0.1) is 20.8 Å². The zero-order valence-corrected chi connectivity index (χ0v) is 8.14. The fraction of sp³-hybridized carbons (Fsp3) is 0.300. The fourth-order valence-electron chi connectivity index (χ4n) is 1.36. The first-order valence-electron chi connectivity index (χ1n) is 4.11. The van der Waals surface area contributed by atoms with Gasteiger partial charge in [0.2, 0.25) is 5.91 Å². The molecule has 3 heteroatoms. The second-order valence-corrected chi connectivity index (χ2v) is 3.27. The molecule has 1 aromatic rings. The van der Waals surface area contributed by atoms with E-state index in [-0.39, 0.29) is 0 Å². The topological polar surface area (TPSA) is 69.1 Å². The van der Waals surface area contributed by atoms with Crippen molar-refractivity contribution in [2.45, 2.75) is 20.8 Å². The fourth-order valence-corrected chi connectivity index (χ4v) is 1.36. The maximum atomic E-state index is 11.0. The third kappa shape index (κ3) is 1.49. The van der Waals surface area contributed by atoms with Gasteiger partial charge in [-0.2, -0.15) is 0 Å². The van der Waals surface area contributed by atoms with Gasteiger partial charge >= 0.3 is 0 Å². The highest BCUT2D eigenvalue weighted by Crippen LogP contribution is 2.23. The molecule has 1 aromatic carbocycles. The summed E-state index contributed by atoms with van der Waals surface area (Å²) in [5.41, 5.74) is 15.0. The summed E-state index contributed by atoms with van der Waals surface area (Å²) in [5, 5.41) is 0. The largest absolute Gasteiger partial charge is 0.398 e. The van der Waals surface area contributed by atoms with E-state index in [4.69, 9.17) is 11.5 Å². The molecule has 1 rings (SSSR count). The van der Waals surface area contributed by atoms with E-state index in [9.17, 15) is 4.79 Å². The number of carbonyl (C=O) groups excluding carboxylic acids is 1. The minimum Gasteiger partial charge on any atom is -0.398 e. The molecule has 0 radical (unpaired) electrons. The van der Waals surface area contributed by atoms with Crippen LogP contribution in [0.2, 0.25) is 0 Å². The number of aryl methyl sites for hydroxylation is 1. The van der Waals surface area contributed by atoms with Crippen LogP contribution in [0.5, 0.6) is 0 Å². The lowest BCUT2D eigenvalue weighted by Crippen LogP contribution is -2.14. The minimum atomic E-state index is -0.399.